The number of aryl methyl sites for hydroxylation is 1. The lowest BCUT2D eigenvalue weighted by atomic mass is 9.79. The van der Waals surface area contributed by atoms with Crippen molar-refractivity contribution in [3.8, 4) is 5.75 Å². The van der Waals surface area contributed by atoms with Crippen molar-refractivity contribution in [1.82, 2.24) is 0 Å². The Morgan fingerprint density at radius 2 is 1.95 bits per heavy atom. The van der Waals surface area contributed by atoms with Gasteiger partial charge in [-0.1, -0.05) is 31.9 Å². The average molecular weight is 262 g/mol. The van der Waals surface area contributed by atoms with Crippen LogP contribution in [-0.4, -0.2) is 18.8 Å². The van der Waals surface area contributed by atoms with E-state index in [2.05, 4.69) is 25.1 Å². The third kappa shape index (κ3) is 3.73. The minimum atomic E-state index is 0.266. The fourth-order valence-electron chi connectivity index (χ4n) is 3.11. The third-order valence-electron chi connectivity index (χ3n) is 4.37. The molecule has 0 radical (unpaired) electrons. The van der Waals surface area contributed by atoms with Gasteiger partial charge in [0.05, 0.1) is 7.11 Å². The summed E-state index contributed by atoms with van der Waals surface area (Å²) < 4.78 is 5.54. The summed E-state index contributed by atoms with van der Waals surface area (Å²) in [6, 6.07) is 6.53. The first-order valence-electron chi connectivity index (χ1n) is 7.52. The van der Waals surface area contributed by atoms with Gasteiger partial charge in [0.25, 0.3) is 0 Å². The molecule has 19 heavy (non-hydrogen) atoms. The number of ether oxygens (including phenoxy) is 1. The van der Waals surface area contributed by atoms with Crippen LogP contribution in [0.3, 0.4) is 0 Å². The van der Waals surface area contributed by atoms with Gasteiger partial charge in [-0.2, -0.15) is 0 Å². The molecule has 0 unspecified atom stereocenters. The van der Waals surface area contributed by atoms with Crippen molar-refractivity contribution >= 4 is 0 Å². The predicted molar refractivity (Wildman–Crippen MR) is 78.8 cm³/mol. The largest absolute Gasteiger partial charge is 0.496 e. The fourth-order valence-corrected chi connectivity index (χ4v) is 3.11. The van der Waals surface area contributed by atoms with Crippen LogP contribution in [0.25, 0.3) is 0 Å². The second kappa shape index (κ2) is 6.95. The van der Waals surface area contributed by atoms with Crippen LogP contribution in [0, 0.1) is 5.92 Å². The molecule has 0 aromatic heterocycles. The molecule has 1 aliphatic rings. The van der Waals surface area contributed by atoms with Crippen LogP contribution in [-0.2, 0) is 6.42 Å². The van der Waals surface area contributed by atoms with E-state index in [4.69, 9.17) is 9.84 Å². The summed E-state index contributed by atoms with van der Waals surface area (Å²) in [4.78, 5) is 0. The van der Waals surface area contributed by atoms with Crippen molar-refractivity contribution in [2.24, 2.45) is 5.92 Å². The van der Waals surface area contributed by atoms with E-state index in [1.165, 1.54) is 36.8 Å². The zero-order valence-corrected chi connectivity index (χ0v) is 12.2. The van der Waals surface area contributed by atoms with Crippen LogP contribution in [0.5, 0.6) is 5.75 Å². The quantitative estimate of drug-likeness (QED) is 0.871. The molecule has 0 atom stereocenters. The SMILES string of the molecule is COc1ccc(CCCO)cc1C1CCC(C)CC1. The minimum absolute atomic E-state index is 0.266. The van der Waals surface area contributed by atoms with E-state index >= 15 is 0 Å². The normalized spacial score (nSPS) is 23.3. The molecule has 2 rings (SSSR count). The van der Waals surface area contributed by atoms with Crippen LogP contribution in [0.4, 0.5) is 0 Å². The van der Waals surface area contributed by atoms with Gasteiger partial charge in [0, 0.05) is 6.61 Å². The number of aliphatic hydroxyl groups is 1. The zero-order chi connectivity index (χ0) is 13.7. The van der Waals surface area contributed by atoms with Gasteiger partial charge >= 0.3 is 0 Å². The number of methoxy groups -OCH3 is 1. The first-order chi connectivity index (χ1) is 9.24. The molecule has 0 amide bonds. The maximum Gasteiger partial charge on any atom is 0.122 e. The molecule has 2 heteroatoms. The third-order valence-corrected chi connectivity index (χ3v) is 4.37. The van der Waals surface area contributed by atoms with E-state index in [-0.39, 0.29) is 6.61 Å². The highest BCUT2D eigenvalue weighted by Gasteiger charge is 2.22. The van der Waals surface area contributed by atoms with Crippen molar-refractivity contribution in [2.75, 3.05) is 13.7 Å². The molecule has 0 saturated heterocycles. The molecule has 1 aromatic rings. The molecule has 1 fully saturated rings. The Bertz CT molecular complexity index is 392. The number of hydrogen-bond donors (Lipinski definition) is 1. The Labute approximate surface area is 116 Å². The van der Waals surface area contributed by atoms with Gasteiger partial charge in [-0.25, -0.2) is 0 Å². The molecule has 2 nitrogen and oxygen atoms in total. The van der Waals surface area contributed by atoms with Crippen LogP contribution >= 0.6 is 0 Å². The maximum absolute atomic E-state index is 8.95. The molecule has 1 saturated carbocycles. The van der Waals surface area contributed by atoms with Gasteiger partial charge in [0.1, 0.15) is 5.75 Å². The smallest absolute Gasteiger partial charge is 0.122 e. The highest BCUT2D eigenvalue weighted by molar-refractivity contribution is 5.40. The molecule has 0 heterocycles. The Morgan fingerprint density at radius 1 is 1.21 bits per heavy atom. The number of benzene rings is 1. The van der Waals surface area contributed by atoms with Crippen molar-refractivity contribution in [1.29, 1.82) is 0 Å². The second-order valence-corrected chi connectivity index (χ2v) is 5.86. The highest BCUT2D eigenvalue weighted by atomic mass is 16.5. The van der Waals surface area contributed by atoms with E-state index in [0.29, 0.717) is 5.92 Å². The lowest BCUT2D eigenvalue weighted by Gasteiger charge is -2.28. The second-order valence-electron chi connectivity index (χ2n) is 5.86. The van der Waals surface area contributed by atoms with Crippen molar-refractivity contribution in [3.05, 3.63) is 29.3 Å². The van der Waals surface area contributed by atoms with E-state index in [1.54, 1.807) is 7.11 Å². The Hall–Kier alpha value is -1.02. The monoisotopic (exact) mass is 262 g/mol. The topological polar surface area (TPSA) is 29.5 Å². The summed E-state index contributed by atoms with van der Waals surface area (Å²) in [5.41, 5.74) is 2.70. The van der Waals surface area contributed by atoms with Crippen molar-refractivity contribution in [2.45, 2.75) is 51.4 Å². The zero-order valence-electron chi connectivity index (χ0n) is 12.2. The van der Waals surface area contributed by atoms with E-state index < -0.39 is 0 Å². The molecule has 1 aromatic carbocycles. The van der Waals surface area contributed by atoms with Crippen LogP contribution < -0.4 is 4.74 Å². The van der Waals surface area contributed by atoms with Gasteiger partial charge in [-0.05, 0) is 54.7 Å². The fraction of sp³-hybridized carbons (Fsp3) is 0.647. The predicted octanol–water partition coefficient (Wildman–Crippen LogP) is 3.91. The van der Waals surface area contributed by atoms with Crippen molar-refractivity contribution in [3.63, 3.8) is 0 Å². The van der Waals surface area contributed by atoms with Gasteiger partial charge in [0.2, 0.25) is 0 Å². The molecule has 1 N–H and O–H groups in total. The van der Waals surface area contributed by atoms with E-state index in [1.807, 2.05) is 0 Å². The van der Waals surface area contributed by atoms with E-state index in [9.17, 15) is 0 Å². The van der Waals surface area contributed by atoms with Gasteiger partial charge in [-0.3, -0.25) is 0 Å². The van der Waals surface area contributed by atoms with Crippen molar-refractivity contribution < 1.29 is 9.84 Å². The summed E-state index contributed by atoms with van der Waals surface area (Å²) >= 11 is 0. The van der Waals surface area contributed by atoms with E-state index in [0.717, 1.165) is 24.5 Å². The first kappa shape index (κ1) is 14.4. The van der Waals surface area contributed by atoms with Gasteiger partial charge < -0.3 is 9.84 Å². The Balaban J connectivity index is 2.15. The Kier molecular flexibility index (Phi) is 5.26. The summed E-state index contributed by atoms with van der Waals surface area (Å²) in [5.74, 6) is 2.56. The van der Waals surface area contributed by atoms with Crippen LogP contribution in [0.15, 0.2) is 18.2 Å². The minimum Gasteiger partial charge on any atom is -0.496 e. The van der Waals surface area contributed by atoms with Gasteiger partial charge in [-0.15, -0.1) is 0 Å². The van der Waals surface area contributed by atoms with Crippen LogP contribution in [0.1, 0.15) is 56.1 Å². The molecule has 1 aliphatic carbocycles. The molecule has 0 spiro atoms. The standard InChI is InChI=1S/C17H26O2/c1-13-5-8-15(9-6-13)16-12-14(4-3-11-18)7-10-17(16)19-2/h7,10,12-13,15,18H,3-6,8-9,11H2,1-2H3. The Morgan fingerprint density at radius 3 is 2.58 bits per heavy atom. The molecule has 0 bridgehead atoms. The first-order valence-corrected chi connectivity index (χ1v) is 7.52. The average Bonchev–Trinajstić information content (AvgIpc) is 2.45. The number of hydrogen-bond acceptors (Lipinski definition) is 2. The number of rotatable bonds is 5. The summed E-state index contributed by atoms with van der Waals surface area (Å²) in [6.45, 7) is 2.62. The lowest BCUT2D eigenvalue weighted by molar-refractivity contribution is 0.288. The number of aliphatic hydroxyl groups excluding tert-OH is 1. The lowest BCUT2D eigenvalue weighted by Crippen LogP contribution is -2.12. The summed E-state index contributed by atoms with van der Waals surface area (Å²) in [5, 5.41) is 8.95. The summed E-state index contributed by atoms with van der Waals surface area (Å²) in [7, 11) is 1.76. The maximum atomic E-state index is 8.95. The van der Waals surface area contributed by atoms with Gasteiger partial charge in [0.15, 0.2) is 0 Å². The molecular formula is C17H26O2. The molecule has 106 valence electrons. The van der Waals surface area contributed by atoms with Crippen LogP contribution in [0.2, 0.25) is 0 Å². The summed E-state index contributed by atoms with van der Waals surface area (Å²) in [6.07, 6.45) is 7.01. The molecular weight excluding hydrogens is 236 g/mol. The highest BCUT2D eigenvalue weighted by Crippen LogP contribution is 2.39. The molecule has 0 aliphatic heterocycles.